The van der Waals surface area contributed by atoms with Gasteiger partial charge in [-0.05, 0) is 56.5 Å². The highest BCUT2D eigenvalue weighted by Crippen LogP contribution is 2.42. The number of fused-ring (bicyclic) bond motifs is 1. The SMILES string of the molecule is COc1cc(C2Nc3ccccc3C(=O)N2C2CC2)ccc1OC(C)C. The van der Waals surface area contributed by atoms with Crippen LogP contribution in [-0.2, 0) is 0 Å². The first-order valence-corrected chi connectivity index (χ1v) is 9.11. The summed E-state index contributed by atoms with van der Waals surface area (Å²) in [7, 11) is 1.64. The quantitative estimate of drug-likeness (QED) is 0.876. The molecule has 0 radical (unpaired) electrons. The number of methoxy groups -OCH3 is 1. The van der Waals surface area contributed by atoms with E-state index in [1.807, 2.05) is 61.2 Å². The first-order chi connectivity index (χ1) is 12.6. The Bertz CT molecular complexity index is 830. The smallest absolute Gasteiger partial charge is 0.258 e. The van der Waals surface area contributed by atoms with Gasteiger partial charge in [0.2, 0.25) is 0 Å². The van der Waals surface area contributed by atoms with E-state index in [0.717, 1.165) is 29.7 Å². The number of carbonyl (C=O) groups is 1. The monoisotopic (exact) mass is 352 g/mol. The van der Waals surface area contributed by atoms with Crippen LogP contribution in [0.3, 0.4) is 0 Å². The van der Waals surface area contributed by atoms with E-state index in [-0.39, 0.29) is 18.2 Å². The molecule has 2 aliphatic rings. The topological polar surface area (TPSA) is 50.8 Å². The van der Waals surface area contributed by atoms with Gasteiger partial charge in [0.15, 0.2) is 11.5 Å². The molecule has 1 aliphatic heterocycles. The lowest BCUT2D eigenvalue weighted by Gasteiger charge is -2.38. The minimum absolute atomic E-state index is 0.0685. The normalized spacial score (nSPS) is 19.2. The summed E-state index contributed by atoms with van der Waals surface area (Å²) >= 11 is 0. The molecule has 0 aromatic heterocycles. The van der Waals surface area contributed by atoms with Crippen LogP contribution in [0.4, 0.5) is 5.69 Å². The summed E-state index contributed by atoms with van der Waals surface area (Å²) in [6, 6.07) is 13.9. The summed E-state index contributed by atoms with van der Waals surface area (Å²) in [6.07, 6.45) is 1.97. The molecule has 1 unspecified atom stereocenters. The van der Waals surface area contributed by atoms with Gasteiger partial charge in [0.05, 0.1) is 18.8 Å². The third-order valence-corrected chi connectivity index (χ3v) is 4.77. The Labute approximate surface area is 153 Å². The van der Waals surface area contributed by atoms with Crippen molar-refractivity contribution in [3.05, 3.63) is 53.6 Å². The van der Waals surface area contributed by atoms with E-state index in [1.54, 1.807) is 7.11 Å². The van der Waals surface area contributed by atoms with Gasteiger partial charge in [-0.2, -0.15) is 0 Å². The standard InChI is InChI=1S/C21H24N2O3/c1-13(2)26-18-11-8-14(12-19(18)25-3)20-22-17-7-5-4-6-16(17)21(24)23(20)15-9-10-15/h4-8,11-13,15,20,22H,9-10H2,1-3H3. The maximum Gasteiger partial charge on any atom is 0.258 e. The van der Waals surface area contributed by atoms with Crippen LogP contribution < -0.4 is 14.8 Å². The summed E-state index contributed by atoms with van der Waals surface area (Å²) in [5, 5.41) is 3.54. The van der Waals surface area contributed by atoms with Crippen LogP contribution >= 0.6 is 0 Å². The third-order valence-electron chi connectivity index (χ3n) is 4.77. The number of para-hydroxylation sites is 1. The molecule has 4 rings (SSSR count). The van der Waals surface area contributed by atoms with Gasteiger partial charge >= 0.3 is 0 Å². The third kappa shape index (κ3) is 2.98. The van der Waals surface area contributed by atoms with Crippen molar-refractivity contribution in [2.75, 3.05) is 12.4 Å². The summed E-state index contributed by atoms with van der Waals surface area (Å²) in [6.45, 7) is 3.97. The van der Waals surface area contributed by atoms with Crippen LogP contribution in [0.15, 0.2) is 42.5 Å². The molecule has 1 aliphatic carbocycles. The molecule has 2 aromatic rings. The molecule has 1 atom stereocenters. The molecule has 1 saturated carbocycles. The van der Waals surface area contributed by atoms with Crippen LogP contribution in [0.2, 0.25) is 0 Å². The second kappa shape index (κ2) is 6.56. The van der Waals surface area contributed by atoms with Gasteiger partial charge < -0.3 is 19.7 Å². The number of hydrogen-bond donors (Lipinski definition) is 1. The second-order valence-corrected chi connectivity index (χ2v) is 7.11. The zero-order valence-electron chi connectivity index (χ0n) is 15.4. The average Bonchev–Trinajstić information content (AvgIpc) is 3.46. The van der Waals surface area contributed by atoms with Gasteiger partial charge in [0.1, 0.15) is 6.17 Å². The lowest BCUT2D eigenvalue weighted by Crippen LogP contribution is -2.44. The Morgan fingerprint density at radius 2 is 1.88 bits per heavy atom. The molecule has 26 heavy (non-hydrogen) atoms. The van der Waals surface area contributed by atoms with E-state index in [1.165, 1.54) is 0 Å². The molecule has 1 heterocycles. The van der Waals surface area contributed by atoms with Crippen molar-refractivity contribution >= 4 is 11.6 Å². The van der Waals surface area contributed by atoms with Crippen LogP contribution in [-0.4, -0.2) is 30.1 Å². The van der Waals surface area contributed by atoms with E-state index in [4.69, 9.17) is 9.47 Å². The van der Waals surface area contributed by atoms with Crippen molar-refractivity contribution in [1.29, 1.82) is 0 Å². The molecule has 5 heteroatoms. The Kier molecular flexibility index (Phi) is 4.23. The molecule has 0 saturated heterocycles. The molecule has 5 nitrogen and oxygen atoms in total. The fraction of sp³-hybridized carbons (Fsp3) is 0.381. The highest BCUT2D eigenvalue weighted by molar-refractivity contribution is 6.02. The highest BCUT2D eigenvalue weighted by Gasteiger charge is 2.42. The predicted molar refractivity (Wildman–Crippen MR) is 101 cm³/mol. The number of nitrogens with zero attached hydrogens (tertiary/aromatic N) is 1. The number of hydrogen-bond acceptors (Lipinski definition) is 4. The van der Waals surface area contributed by atoms with E-state index >= 15 is 0 Å². The zero-order valence-corrected chi connectivity index (χ0v) is 15.4. The maximum absolute atomic E-state index is 13.1. The minimum atomic E-state index is -0.202. The van der Waals surface area contributed by atoms with Gasteiger partial charge in [0, 0.05) is 11.7 Å². The van der Waals surface area contributed by atoms with Crippen molar-refractivity contribution in [1.82, 2.24) is 4.90 Å². The fourth-order valence-corrected chi connectivity index (χ4v) is 3.45. The first-order valence-electron chi connectivity index (χ1n) is 9.11. The van der Waals surface area contributed by atoms with E-state index in [2.05, 4.69) is 5.32 Å². The zero-order chi connectivity index (χ0) is 18.3. The summed E-state index contributed by atoms with van der Waals surface area (Å²) in [5.41, 5.74) is 2.61. The Morgan fingerprint density at radius 3 is 2.58 bits per heavy atom. The lowest BCUT2D eigenvalue weighted by molar-refractivity contribution is 0.0666. The Hall–Kier alpha value is -2.69. The molecule has 2 aromatic carbocycles. The molecule has 1 fully saturated rings. The van der Waals surface area contributed by atoms with E-state index in [0.29, 0.717) is 17.5 Å². The molecular weight excluding hydrogens is 328 g/mol. The Balaban J connectivity index is 1.73. The van der Waals surface area contributed by atoms with Crippen molar-refractivity contribution in [2.24, 2.45) is 0 Å². The molecular formula is C21H24N2O3. The number of rotatable bonds is 5. The number of ether oxygens (including phenoxy) is 2. The van der Waals surface area contributed by atoms with Gasteiger partial charge in [-0.3, -0.25) is 4.79 Å². The molecule has 0 spiro atoms. The van der Waals surface area contributed by atoms with Crippen LogP contribution in [0, 0.1) is 0 Å². The van der Waals surface area contributed by atoms with Crippen molar-refractivity contribution in [3.63, 3.8) is 0 Å². The summed E-state index contributed by atoms with van der Waals surface area (Å²) in [4.78, 5) is 15.1. The number of carbonyl (C=O) groups excluding carboxylic acids is 1. The summed E-state index contributed by atoms with van der Waals surface area (Å²) in [5.74, 6) is 1.49. The molecule has 1 amide bonds. The van der Waals surface area contributed by atoms with Crippen molar-refractivity contribution < 1.29 is 14.3 Å². The van der Waals surface area contributed by atoms with Crippen LogP contribution in [0.25, 0.3) is 0 Å². The lowest BCUT2D eigenvalue weighted by atomic mass is 10.0. The number of amides is 1. The Morgan fingerprint density at radius 1 is 1.12 bits per heavy atom. The van der Waals surface area contributed by atoms with Gasteiger partial charge in [-0.15, -0.1) is 0 Å². The van der Waals surface area contributed by atoms with Crippen molar-refractivity contribution in [3.8, 4) is 11.5 Å². The van der Waals surface area contributed by atoms with Crippen LogP contribution in [0.1, 0.15) is 48.8 Å². The van der Waals surface area contributed by atoms with Crippen LogP contribution in [0.5, 0.6) is 11.5 Å². The minimum Gasteiger partial charge on any atom is -0.493 e. The van der Waals surface area contributed by atoms with Gasteiger partial charge in [-0.25, -0.2) is 0 Å². The number of anilines is 1. The summed E-state index contributed by atoms with van der Waals surface area (Å²) < 4.78 is 11.3. The largest absolute Gasteiger partial charge is 0.493 e. The molecule has 136 valence electrons. The molecule has 0 bridgehead atoms. The number of benzene rings is 2. The van der Waals surface area contributed by atoms with E-state index < -0.39 is 0 Å². The van der Waals surface area contributed by atoms with Crippen molar-refractivity contribution in [2.45, 2.75) is 45.0 Å². The first kappa shape index (κ1) is 16.8. The second-order valence-electron chi connectivity index (χ2n) is 7.11. The fourth-order valence-electron chi connectivity index (χ4n) is 3.45. The maximum atomic E-state index is 13.1. The predicted octanol–water partition coefficient (Wildman–Crippen LogP) is 4.21. The van der Waals surface area contributed by atoms with E-state index in [9.17, 15) is 4.79 Å². The molecule has 1 N–H and O–H groups in total. The number of nitrogens with one attached hydrogen (secondary N) is 1. The highest BCUT2D eigenvalue weighted by atomic mass is 16.5. The van der Waals surface area contributed by atoms with Gasteiger partial charge in [0.25, 0.3) is 5.91 Å². The van der Waals surface area contributed by atoms with Gasteiger partial charge in [-0.1, -0.05) is 18.2 Å². The average molecular weight is 352 g/mol.